The third kappa shape index (κ3) is 8.31. The van der Waals surface area contributed by atoms with Crippen molar-refractivity contribution in [2.75, 3.05) is 26.2 Å². The van der Waals surface area contributed by atoms with Crippen LogP contribution in [-0.2, 0) is 28.0 Å². The van der Waals surface area contributed by atoms with E-state index in [4.69, 9.17) is 4.74 Å². The van der Waals surface area contributed by atoms with Crippen molar-refractivity contribution in [3.05, 3.63) is 71.8 Å². The van der Waals surface area contributed by atoms with Gasteiger partial charge < -0.3 is 15.2 Å². The van der Waals surface area contributed by atoms with Gasteiger partial charge in [0.1, 0.15) is 6.61 Å². The Morgan fingerprint density at radius 3 is 2.14 bits per heavy atom. The van der Waals surface area contributed by atoms with Crippen molar-refractivity contribution in [3.8, 4) is 0 Å². The van der Waals surface area contributed by atoms with E-state index in [0.717, 1.165) is 24.0 Å². The van der Waals surface area contributed by atoms with Gasteiger partial charge in [-0.2, -0.15) is 17.0 Å². The third-order valence-electron chi connectivity index (χ3n) is 5.96. The Hall–Kier alpha value is -2.46. The van der Waals surface area contributed by atoms with Crippen LogP contribution in [0.4, 0.5) is 4.79 Å². The van der Waals surface area contributed by atoms with Crippen LogP contribution in [0, 0.1) is 5.92 Å². The molecule has 2 N–H and O–H groups in total. The summed E-state index contributed by atoms with van der Waals surface area (Å²) < 4.78 is 34.8. The molecule has 1 fully saturated rings. The van der Waals surface area contributed by atoms with Gasteiger partial charge >= 0.3 is 6.09 Å². The van der Waals surface area contributed by atoms with Gasteiger partial charge in [0.2, 0.25) is 0 Å². The van der Waals surface area contributed by atoms with Crippen molar-refractivity contribution in [2.45, 2.75) is 51.9 Å². The van der Waals surface area contributed by atoms with E-state index in [9.17, 15) is 18.3 Å². The lowest BCUT2D eigenvalue weighted by Crippen LogP contribution is -2.53. The Labute approximate surface area is 209 Å². The fourth-order valence-electron chi connectivity index (χ4n) is 4.16. The van der Waals surface area contributed by atoms with Gasteiger partial charge in [0.15, 0.2) is 0 Å². The lowest BCUT2D eigenvalue weighted by Gasteiger charge is -2.32. The van der Waals surface area contributed by atoms with E-state index in [1.54, 1.807) is 0 Å². The van der Waals surface area contributed by atoms with Crippen LogP contribution in [0.5, 0.6) is 0 Å². The molecule has 1 aliphatic heterocycles. The zero-order chi connectivity index (χ0) is 25.3. The fraction of sp³-hybridized carbons (Fsp3) is 0.500. The maximum Gasteiger partial charge on any atom is 0.407 e. The van der Waals surface area contributed by atoms with Gasteiger partial charge in [0.05, 0.1) is 12.1 Å². The zero-order valence-electron chi connectivity index (χ0n) is 20.5. The predicted octanol–water partition coefficient (Wildman–Crippen LogP) is 3.18. The van der Waals surface area contributed by atoms with Gasteiger partial charge in [-0.15, -0.1) is 0 Å². The molecule has 2 aromatic carbocycles. The summed E-state index contributed by atoms with van der Waals surface area (Å²) in [5.41, 5.74) is 1.76. The summed E-state index contributed by atoms with van der Waals surface area (Å²) in [6.45, 7) is 5.14. The monoisotopic (exact) mass is 503 g/mol. The molecule has 2 atom stereocenters. The van der Waals surface area contributed by atoms with E-state index < -0.39 is 28.4 Å². The van der Waals surface area contributed by atoms with Crippen LogP contribution >= 0.6 is 0 Å². The number of hydrogen-bond donors (Lipinski definition) is 2. The minimum atomic E-state index is -3.71. The van der Waals surface area contributed by atoms with Gasteiger partial charge in [-0.3, -0.25) is 0 Å². The van der Waals surface area contributed by atoms with Crippen molar-refractivity contribution in [2.24, 2.45) is 5.92 Å². The number of alkyl carbamates (subject to hydrolysis) is 1. The number of aliphatic hydroxyl groups excluding tert-OH is 1. The second-order valence-electron chi connectivity index (χ2n) is 9.39. The number of carbonyl (C=O) groups is 1. The third-order valence-corrected chi connectivity index (χ3v) is 7.92. The molecule has 0 bridgehead atoms. The average molecular weight is 504 g/mol. The largest absolute Gasteiger partial charge is 0.445 e. The summed E-state index contributed by atoms with van der Waals surface area (Å²) >= 11 is 0. The molecule has 0 radical (unpaired) electrons. The highest BCUT2D eigenvalue weighted by Gasteiger charge is 2.35. The van der Waals surface area contributed by atoms with Crippen LogP contribution in [-0.4, -0.2) is 66.6 Å². The molecule has 0 spiro atoms. The molecular formula is C26H37N3O5S. The Kier molecular flexibility index (Phi) is 10.1. The van der Waals surface area contributed by atoms with Crippen molar-refractivity contribution in [1.82, 2.24) is 13.9 Å². The maximum atomic E-state index is 13.3. The van der Waals surface area contributed by atoms with Gasteiger partial charge in [0.25, 0.3) is 10.2 Å². The van der Waals surface area contributed by atoms with Crippen LogP contribution in [0.25, 0.3) is 0 Å². The van der Waals surface area contributed by atoms with Gasteiger partial charge in [-0.05, 0) is 36.3 Å². The minimum Gasteiger partial charge on any atom is -0.445 e. The number of ether oxygens (including phenoxy) is 1. The molecule has 0 saturated carbocycles. The fourth-order valence-corrected chi connectivity index (χ4v) is 6.03. The van der Waals surface area contributed by atoms with E-state index in [2.05, 4.69) is 5.32 Å². The van der Waals surface area contributed by atoms with Crippen molar-refractivity contribution in [1.29, 1.82) is 0 Å². The summed E-state index contributed by atoms with van der Waals surface area (Å²) in [6.07, 6.45) is 0.218. The number of aliphatic hydroxyl groups is 1. The topological polar surface area (TPSA) is 99.2 Å². The standard InChI is InChI=1S/C26H37N3O5S/c1-21(2)18-29(35(32,33)28-15-9-10-16-28)19-25(30)24(17-22-11-5-3-6-12-22)27-26(31)34-20-23-13-7-4-8-14-23/h3-8,11-14,21,24-25,30H,9-10,15-20H2,1-2H3,(H,27,31)/t24-,25+/m0/s1. The molecule has 1 aliphatic rings. The normalized spacial score (nSPS) is 16.4. The molecule has 1 saturated heterocycles. The molecule has 9 heteroatoms. The number of carbonyl (C=O) groups excluding carboxylic acids is 1. The Balaban J connectivity index is 1.73. The molecular weight excluding hydrogens is 466 g/mol. The van der Waals surface area contributed by atoms with Crippen LogP contribution in [0.2, 0.25) is 0 Å². The molecule has 0 unspecified atom stereocenters. The maximum absolute atomic E-state index is 13.3. The SMILES string of the molecule is CC(C)CN(C[C@@H](O)[C@H](Cc1ccccc1)NC(=O)OCc1ccccc1)S(=O)(=O)N1CCCC1. The van der Waals surface area contributed by atoms with Crippen molar-refractivity contribution >= 4 is 16.3 Å². The predicted molar refractivity (Wildman–Crippen MR) is 136 cm³/mol. The first-order valence-corrected chi connectivity index (χ1v) is 13.6. The number of nitrogens with one attached hydrogen (secondary N) is 1. The first kappa shape index (κ1) is 27.1. The molecule has 35 heavy (non-hydrogen) atoms. The Morgan fingerprint density at radius 2 is 1.57 bits per heavy atom. The molecule has 192 valence electrons. The summed E-state index contributed by atoms with van der Waals surface area (Å²) in [5.74, 6) is 0.0796. The van der Waals surface area contributed by atoms with E-state index in [0.29, 0.717) is 19.5 Å². The molecule has 2 aromatic rings. The molecule has 1 heterocycles. The zero-order valence-corrected chi connectivity index (χ0v) is 21.4. The molecule has 0 aliphatic carbocycles. The van der Waals surface area contributed by atoms with Crippen LogP contribution in [0.3, 0.4) is 0 Å². The quantitative estimate of drug-likeness (QED) is 0.464. The highest BCUT2D eigenvalue weighted by Crippen LogP contribution is 2.19. The first-order valence-electron chi connectivity index (χ1n) is 12.2. The smallest absolute Gasteiger partial charge is 0.407 e. The second kappa shape index (κ2) is 13.0. The first-order chi connectivity index (χ1) is 16.8. The number of nitrogens with zero attached hydrogens (tertiary/aromatic N) is 2. The summed E-state index contributed by atoms with van der Waals surface area (Å²) in [4.78, 5) is 12.6. The molecule has 0 aromatic heterocycles. The van der Waals surface area contributed by atoms with Crippen LogP contribution in [0.1, 0.15) is 37.8 Å². The number of benzene rings is 2. The molecule has 8 nitrogen and oxygen atoms in total. The van der Waals surface area contributed by atoms with Crippen LogP contribution < -0.4 is 5.32 Å². The molecule has 1 amide bonds. The highest BCUT2D eigenvalue weighted by atomic mass is 32.2. The van der Waals surface area contributed by atoms with Crippen molar-refractivity contribution in [3.63, 3.8) is 0 Å². The van der Waals surface area contributed by atoms with Crippen LogP contribution in [0.15, 0.2) is 60.7 Å². The Morgan fingerprint density at radius 1 is 1.00 bits per heavy atom. The van der Waals surface area contributed by atoms with E-state index >= 15 is 0 Å². The lowest BCUT2D eigenvalue weighted by molar-refractivity contribution is 0.0861. The van der Waals surface area contributed by atoms with E-state index in [-0.39, 0.29) is 25.6 Å². The van der Waals surface area contributed by atoms with E-state index in [1.807, 2.05) is 74.5 Å². The second-order valence-corrected chi connectivity index (χ2v) is 11.3. The lowest BCUT2D eigenvalue weighted by atomic mass is 10.0. The van der Waals surface area contributed by atoms with Crippen molar-refractivity contribution < 1.29 is 23.1 Å². The summed E-state index contributed by atoms with van der Waals surface area (Å²) in [7, 11) is -3.71. The number of rotatable bonds is 12. The average Bonchev–Trinajstić information content (AvgIpc) is 3.39. The highest BCUT2D eigenvalue weighted by molar-refractivity contribution is 7.86. The van der Waals surface area contributed by atoms with Gasteiger partial charge in [-0.25, -0.2) is 4.79 Å². The van der Waals surface area contributed by atoms with Gasteiger partial charge in [-0.1, -0.05) is 74.5 Å². The van der Waals surface area contributed by atoms with Gasteiger partial charge in [0, 0.05) is 26.2 Å². The minimum absolute atomic E-state index is 0.0796. The summed E-state index contributed by atoms with van der Waals surface area (Å²) in [5, 5.41) is 14.0. The summed E-state index contributed by atoms with van der Waals surface area (Å²) in [6, 6.07) is 18.1. The molecule has 3 rings (SSSR count). The number of amides is 1. The van der Waals surface area contributed by atoms with E-state index in [1.165, 1.54) is 8.61 Å². The Bertz CT molecular complexity index is 1010. The number of hydrogen-bond acceptors (Lipinski definition) is 5.